The minimum absolute atomic E-state index is 0.612. The second-order valence-corrected chi connectivity index (χ2v) is 4.18. The maximum atomic E-state index is 10.1. The molecule has 13 heavy (non-hydrogen) atoms. The Morgan fingerprint density at radius 1 is 1.77 bits per heavy atom. The highest BCUT2D eigenvalue weighted by Crippen LogP contribution is 2.19. The molecule has 1 N–H and O–H groups in total. The van der Waals surface area contributed by atoms with Crippen LogP contribution in [0.1, 0.15) is 5.82 Å². The lowest BCUT2D eigenvalue weighted by Crippen LogP contribution is -1.86. The summed E-state index contributed by atoms with van der Waals surface area (Å²) in [5, 5.41) is 8.29. The van der Waals surface area contributed by atoms with E-state index in [9.17, 15) is 4.79 Å². The number of hydrogen-bond donors (Lipinski definition) is 1. The molecule has 0 fully saturated rings. The molecule has 0 bridgehead atoms. The van der Waals surface area contributed by atoms with Crippen LogP contribution >= 0.6 is 23.3 Å². The van der Waals surface area contributed by atoms with Gasteiger partial charge in [-0.3, -0.25) is 0 Å². The van der Waals surface area contributed by atoms with Gasteiger partial charge in [-0.2, -0.15) is 4.37 Å². The maximum absolute atomic E-state index is 10.1. The molecule has 0 amide bonds. The zero-order valence-electron chi connectivity index (χ0n) is 6.93. The molecular formula is C7H8N2O2S2. The zero-order valence-corrected chi connectivity index (χ0v) is 8.56. The minimum Gasteiger partial charge on any atom is -0.478 e. The third-order valence-corrected chi connectivity index (χ3v) is 2.95. The van der Waals surface area contributed by atoms with Crippen LogP contribution in [-0.4, -0.2) is 26.2 Å². The van der Waals surface area contributed by atoms with E-state index in [-0.39, 0.29) is 0 Å². The van der Waals surface area contributed by atoms with Gasteiger partial charge in [-0.05, 0) is 18.5 Å². The van der Waals surface area contributed by atoms with Gasteiger partial charge in [-0.15, -0.1) is 0 Å². The quantitative estimate of drug-likeness (QED) is 0.611. The summed E-state index contributed by atoms with van der Waals surface area (Å²) in [7, 11) is 0. The van der Waals surface area contributed by atoms with Crippen LogP contribution in [0.4, 0.5) is 0 Å². The van der Waals surface area contributed by atoms with Crippen LogP contribution < -0.4 is 0 Å². The fourth-order valence-corrected chi connectivity index (χ4v) is 2.09. The number of hydrogen-bond acceptors (Lipinski definition) is 5. The maximum Gasteiger partial charge on any atom is 0.328 e. The third kappa shape index (κ3) is 4.05. The molecule has 0 saturated carbocycles. The number of rotatable bonds is 4. The summed E-state index contributed by atoms with van der Waals surface area (Å²) in [5.74, 6) is 0.449. The fraction of sp³-hybridized carbons (Fsp3) is 0.286. The first-order valence-corrected chi connectivity index (χ1v) is 5.27. The Labute approximate surface area is 83.9 Å². The summed E-state index contributed by atoms with van der Waals surface area (Å²) < 4.78 is 4.87. The summed E-state index contributed by atoms with van der Waals surface area (Å²) in [6.45, 7) is 1.83. The van der Waals surface area contributed by atoms with E-state index in [1.807, 2.05) is 6.92 Å². The Morgan fingerprint density at radius 2 is 2.54 bits per heavy atom. The van der Waals surface area contributed by atoms with E-state index in [1.165, 1.54) is 23.3 Å². The summed E-state index contributed by atoms with van der Waals surface area (Å²) in [5.41, 5.74) is 0. The van der Waals surface area contributed by atoms with Crippen molar-refractivity contribution in [1.29, 1.82) is 0 Å². The molecule has 1 rings (SSSR count). The normalized spacial score (nSPS) is 10.8. The molecule has 0 saturated heterocycles. The van der Waals surface area contributed by atoms with Crippen molar-refractivity contribution in [2.45, 2.75) is 11.3 Å². The van der Waals surface area contributed by atoms with Crippen molar-refractivity contribution in [3.63, 3.8) is 0 Å². The predicted molar refractivity (Wildman–Crippen MR) is 52.1 cm³/mol. The highest BCUT2D eigenvalue weighted by Gasteiger charge is 1.98. The van der Waals surface area contributed by atoms with Crippen molar-refractivity contribution in [2.24, 2.45) is 0 Å². The van der Waals surface area contributed by atoms with E-state index < -0.39 is 5.97 Å². The number of aryl methyl sites for hydroxylation is 1. The SMILES string of the molecule is Cc1nsc(SCC=CC(=O)O)n1. The minimum atomic E-state index is -0.922. The van der Waals surface area contributed by atoms with E-state index >= 15 is 0 Å². The number of thioether (sulfide) groups is 1. The van der Waals surface area contributed by atoms with Crippen LogP contribution in [0.5, 0.6) is 0 Å². The second-order valence-electron chi connectivity index (χ2n) is 2.16. The second kappa shape index (κ2) is 4.98. The third-order valence-electron chi connectivity index (χ3n) is 1.07. The molecule has 70 valence electrons. The van der Waals surface area contributed by atoms with Gasteiger partial charge in [0, 0.05) is 11.8 Å². The Hall–Kier alpha value is -0.880. The lowest BCUT2D eigenvalue weighted by Gasteiger charge is -1.87. The molecule has 0 atom stereocenters. The molecule has 1 heterocycles. The van der Waals surface area contributed by atoms with Crippen LogP contribution in [-0.2, 0) is 4.79 Å². The Balaban J connectivity index is 2.31. The Bertz CT molecular complexity index is 322. The van der Waals surface area contributed by atoms with Crippen LogP contribution in [0.15, 0.2) is 16.5 Å². The van der Waals surface area contributed by atoms with Gasteiger partial charge in [0.15, 0.2) is 4.34 Å². The molecule has 0 spiro atoms. The zero-order chi connectivity index (χ0) is 9.68. The number of aromatic nitrogens is 2. The molecule has 0 radical (unpaired) electrons. The van der Waals surface area contributed by atoms with Gasteiger partial charge in [0.2, 0.25) is 0 Å². The summed E-state index contributed by atoms with van der Waals surface area (Å²) in [6, 6.07) is 0. The van der Waals surface area contributed by atoms with Crippen molar-refractivity contribution >= 4 is 29.3 Å². The molecule has 1 aromatic heterocycles. The molecule has 1 aromatic rings. The molecule has 0 aliphatic heterocycles. The van der Waals surface area contributed by atoms with Gasteiger partial charge in [0.25, 0.3) is 0 Å². The molecule has 0 aliphatic carbocycles. The first-order chi connectivity index (χ1) is 6.18. The summed E-state index contributed by atoms with van der Waals surface area (Å²) in [4.78, 5) is 14.2. The van der Waals surface area contributed by atoms with Gasteiger partial charge in [0.05, 0.1) is 0 Å². The molecule has 6 heteroatoms. The van der Waals surface area contributed by atoms with Crippen LogP contribution in [0.25, 0.3) is 0 Å². The van der Waals surface area contributed by atoms with Crippen LogP contribution in [0.2, 0.25) is 0 Å². The van der Waals surface area contributed by atoms with Crippen LogP contribution in [0, 0.1) is 6.92 Å². The first kappa shape index (κ1) is 10.2. The molecular weight excluding hydrogens is 208 g/mol. The van der Waals surface area contributed by atoms with E-state index in [4.69, 9.17) is 5.11 Å². The molecule has 0 aliphatic rings. The van der Waals surface area contributed by atoms with Crippen molar-refractivity contribution in [3.05, 3.63) is 18.0 Å². The molecule has 4 nitrogen and oxygen atoms in total. The van der Waals surface area contributed by atoms with Gasteiger partial charge in [-0.1, -0.05) is 17.8 Å². The number of carboxylic acid groups (broad SMARTS) is 1. The Kier molecular flexibility index (Phi) is 3.91. The largest absolute Gasteiger partial charge is 0.478 e. The van der Waals surface area contributed by atoms with Gasteiger partial charge in [-0.25, -0.2) is 9.78 Å². The van der Waals surface area contributed by atoms with Gasteiger partial charge >= 0.3 is 5.97 Å². The van der Waals surface area contributed by atoms with E-state index in [2.05, 4.69) is 9.36 Å². The molecule has 0 aromatic carbocycles. The topological polar surface area (TPSA) is 63.1 Å². The van der Waals surface area contributed by atoms with Gasteiger partial charge < -0.3 is 5.11 Å². The van der Waals surface area contributed by atoms with Crippen molar-refractivity contribution in [2.75, 3.05) is 5.75 Å². The monoisotopic (exact) mass is 216 g/mol. The van der Waals surface area contributed by atoms with Crippen molar-refractivity contribution in [1.82, 2.24) is 9.36 Å². The Morgan fingerprint density at radius 3 is 3.08 bits per heavy atom. The van der Waals surface area contributed by atoms with E-state index in [0.717, 1.165) is 16.2 Å². The number of carboxylic acids is 1. The summed E-state index contributed by atoms with van der Waals surface area (Å²) >= 11 is 2.81. The average molecular weight is 216 g/mol. The highest BCUT2D eigenvalue weighted by molar-refractivity contribution is 8.01. The molecule has 0 unspecified atom stereocenters. The summed E-state index contributed by atoms with van der Waals surface area (Å²) in [6.07, 6.45) is 2.71. The predicted octanol–water partition coefficient (Wildman–Crippen LogP) is 1.58. The van der Waals surface area contributed by atoms with E-state index in [1.54, 1.807) is 6.08 Å². The highest BCUT2D eigenvalue weighted by atomic mass is 32.2. The first-order valence-electron chi connectivity index (χ1n) is 3.51. The standard InChI is InChI=1S/C7H8N2O2S2/c1-5-8-7(13-9-5)12-4-2-3-6(10)11/h2-3H,4H2,1H3,(H,10,11). The average Bonchev–Trinajstić information content (AvgIpc) is 2.45. The lowest BCUT2D eigenvalue weighted by molar-refractivity contribution is -0.131. The fourth-order valence-electron chi connectivity index (χ4n) is 0.605. The lowest BCUT2D eigenvalue weighted by atomic mass is 10.5. The number of carbonyl (C=O) groups is 1. The number of aliphatic carboxylic acids is 1. The smallest absolute Gasteiger partial charge is 0.328 e. The number of nitrogens with zero attached hydrogens (tertiary/aromatic N) is 2. The van der Waals surface area contributed by atoms with Crippen LogP contribution in [0.3, 0.4) is 0 Å². The van der Waals surface area contributed by atoms with Gasteiger partial charge in [0.1, 0.15) is 5.82 Å². The van der Waals surface area contributed by atoms with Crippen molar-refractivity contribution < 1.29 is 9.90 Å². The van der Waals surface area contributed by atoms with E-state index in [0.29, 0.717) is 5.75 Å². The van der Waals surface area contributed by atoms with Crippen molar-refractivity contribution in [3.8, 4) is 0 Å².